The number of nitrogens with zero attached hydrogens (tertiary/aromatic N) is 1. The fourth-order valence-electron chi connectivity index (χ4n) is 3.38. The number of carbonyl (C=O) groups excluding carboxylic acids is 4. The zero-order valence-corrected chi connectivity index (χ0v) is 23.7. The van der Waals surface area contributed by atoms with Gasteiger partial charge in [0.05, 0.1) is 34.5 Å². The summed E-state index contributed by atoms with van der Waals surface area (Å²) in [6.45, 7) is -0.376. The highest BCUT2D eigenvalue weighted by atomic mass is 35.5. The summed E-state index contributed by atoms with van der Waals surface area (Å²) in [7, 11) is 0. The van der Waals surface area contributed by atoms with Crippen molar-refractivity contribution in [1.29, 1.82) is 0 Å². The average Bonchev–Trinajstić information content (AvgIpc) is 2.98. The van der Waals surface area contributed by atoms with E-state index in [1.807, 2.05) is 0 Å². The highest BCUT2D eigenvalue weighted by Crippen LogP contribution is 2.26. The standard InChI is InChI=1S/C30H20Cl3N3O6/c31-21-10-5-18(6-11-21)29(39)41-23-14-9-20(26(15-23)42-30(40)19-7-12-22(32)13-8-19)16-35-36-27(37)17-34-28(38)24-3-1-2-4-25(24)33/h1-16H,17H2,(H,34,38)(H,36,37)/b35-16+. The fraction of sp³-hybridized carbons (Fsp3) is 0.0333. The number of hydrogen-bond acceptors (Lipinski definition) is 7. The third-order valence-corrected chi connectivity index (χ3v) is 6.31. The van der Waals surface area contributed by atoms with E-state index in [1.165, 1.54) is 66.9 Å². The van der Waals surface area contributed by atoms with Crippen molar-refractivity contribution in [2.45, 2.75) is 0 Å². The predicted octanol–water partition coefficient (Wildman–Crippen LogP) is 5.97. The number of benzene rings is 4. The third-order valence-electron chi connectivity index (χ3n) is 5.48. The highest BCUT2D eigenvalue weighted by molar-refractivity contribution is 6.33. The maximum Gasteiger partial charge on any atom is 0.343 e. The number of hydrogen-bond donors (Lipinski definition) is 2. The summed E-state index contributed by atoms with van der Waals surface area (Å²) in [6, 6.07) is 22.8. The fourth-order valence-corrected chi connectivity index (χ4v) is 3.86. The number of amides is 2. The lowest BCUT2D eigenvalue weighted by atomic mass is 10.2. The van der Waals surface area contributed by atoms with Crippen LogP contribution in [-0.2, 0) is 4.79 Å². The van der Waals surface area contributed by atoms with Crippen molar-refractivity contribution in [3.63, 3.8) is 0 Å². The van der Waals surface area contributed by atoms with Crippen LogP contribution in [0.1, 0.15) is 36.6 Å². The summed E-state index contributed by atoms with van der Waals surface area (Å²) >= 11 is 17.8. The molecule has 0 bridgehead atoms. The summed E-state index contributed by atoms with van der Waals surface area (Å²) in [5, 5.41) is 7.47. The molecule has 4 aromatic rings. The second kappa shape index (κ2) is 14.3. The van der Waals surface area contributed by atoms with Crippen LogP contribution in [0.15, 0.2) is 96.1 Å². The summed E-state index contributed by atoms with van der Waals surface area (Å²) in [5.41, 5.74) is 3.24. The van der Waals surface area contributed by atoms with Crippen LogP contribution in [-0.4, -0.2) is 36.5 Å². The largest absolute Gasteiger partial charge is 0.423 e. The van der Waals surface area contributed by atoms with Gasteiger partial charge in [0.15, 0.2) is 0 Å². The first kappa shape index (κ1) is 30.3. The second-order valence-electron chi connectivity index (χ2n) is 8.45. The van der Waals surface area contributed by atoms with Crippen LogP contribution in [0, 0.1) is 0 Å². The normalized spacial score (nSPS) is 10.6. The summed E-state index contributed by atoms with van der Waals surface area (Å²) in [4.78, 5) is 49.8. The molecule has 0 aliphatic heterocycles. The molecular weight excluding hydrogens is 605 g/mol. The lowest BCUT2D eigenvalue weighted by Gasteiger charge is -2.11. The van der Waals surface area contributed by atoms with Crippen molar-refractivity contribution in [2.75, 3.05) is 6.54 Å². The summed E-state index contributed by atoms with van der Waals surface area (Å²) in [5.74, 6) is -2.46. The molecule has 0 aliphatic carbocycles. The zero-order valence-electron chi connectivity index (χ0n) is 21.5. The number of esters is 2. The molecule has 2 amide bonds. The van der Waals surface area contributed by atoms with E-state index in [9.17, 15) is 19.2 Å². The van der Waals surface area contributed by atoms with Crippen molar-refractivity contribution in [3.8, 4) is 11.5 Å². The van der Waals surface area contributed by atoms with Crippen molar-refractivity contribution < 1.29 is 28.7 Å². The van der Waals surface area contributed by atoms with Gasteiger partial charge in [0, 0.05) is 21.7 Å². The van der Waals surface area contributed by atoms with Crippen molar-refractivity contribution >= 4 is 64.8 Å². The molecule has 0 aliphatic rings. The number of hydrazone groups is 1. The Morgan fingerprint density at radius 3 is 1.95 bits per heavy atom. The number of nitrogens with one attached hydrogen (secondary N) is 2. The molecule has 4 rings (SSSR count). The van der Waals surface area contributed by atoms with Crippen molar-refractivity contribution in [1.82, 2.24) is 10.7 Å². The minimum Gasteiger partial charge on any atom is -0.423 e. The molecule has 12 heteroatoms. The molecule has 0 fully saturated rings. The molecule has 42 heavy (non-hydrogen) atoms. The molecule has 212 valence electrons. The average molecular weight is 625 g/mol. The minimum absolute atomic E-state index is 0.0126. The zero-order chi connectivity index (χ0) is 30.1. The van der Waals surface area contributed by atoms with Gasteiger partial charge in [-0.2, -0.15) is 5.10 Å². The van der Waals surface area contributed by atoms with Crippen LogP contribution < -0.4 is 20.2 Å². The Labute approximate surface area is 255 Å². The van der Waals surface area contributed by atoms with Gasteiger partial charge in [0.2, 0.25) is 0 Å². The number of ether oxygens (including phenoxy) is 2. The van der Waals surface area contributed by atoms with E-state index >= 15 is 0 Å². The molecule has 0 aromatic heterocycles. The molecular formula is C30H20Cl3N3O6. The van der Waals surface area contributed by atoms with Gasteiger partial charge in [-0.15, -0.1) is 0 Å². The molecule has 0 saturated carbocycles. The van der Waals surface area contributed by atoms with Crippen LogP contribution >= 0.6 is 34.8 Å². The number of halogens is 3. The number of rotatable bonds is 9. The van der Waals surface area contributed by atoms with Gasteiger partial charge < -0.3 is 14.8 Å². The molecule has 0 saturated heterocycles. The molecule has 4 aromatic carbocycles. The van der Waals surface area contributed by atoms with E-state index in [4.69, 9.17) is 44.3 Å². The predicted molar refractivity (Wildman–Crippen MR) is 159 cm³/mol. The molecule has 0 radical (unpaired) electrons. The molecule has 2 N–H and O–H groups in total. The van der Waals surface area contributed by atoms with E-state index < -0.39 is 23.8 Å². The first-order valence-corrected chi connectivity index (χ1v) is 13.3. The van der Waals surface area contributed by atoms with Gasteiger partial charge in [-0.05, 0) is 72.8 Å². The smallest absolute Gasteiger partial charge is 0.343 e. The van der Waals surface area contributed by atoms with Gasteiger partial charge in [0.1, 0.15) is 11.5 Å². The van der Waals surface area contributed by atoms with Gasteiger partial charge in [-0.1, -0.05) is 46.9 Å². The molecule has 0 unspecified atom stereocenters. The van der Waals surface area contributed by atoms with Crippen LogP contribution in [0.2, 0.25) is 15.1 Å². The Morgan fingerprint density at radius 2 is 1.33 bits per heavy atom. The minimum atomic E-state index is -0.714. The lowest BCUT2D eigenvalue weighted by molar-refractivity contribution is -0.120. The second-order valence-corrected chi connectivity index (χ2v) is 9.73. The van der Waals surface area contributed by atoms with Crippen LogP contribution in [0.5, 0.6) is 11.5 Å². The Balaban J connectivity index is 1.47. The van der Waals surface area contributed by atoms with Gasteiger partial charge >= 0.3 is 11.9 Å². The van der Waals surface area contributed by atoms with Crippen LogP contribution in [0.25, 0.3) is 0 Å². The van der Waals surface area contributed by atoms with Crippen LogP contribution in [0.3, 0.4) is 0 Å². The maximum atomic E-state index is 12.8. The van der Waals surface area contributed by atoms with E-state index in [2.05, 4.69) is 15.8 Å². The van der Waals surface area contributed by atoms with E-state index in [0.29, 0.717) is 10.0 Å². The summed E-state index contributed by atoms with van der Waals surface area (Å²) in [6.07, 6.45) is 1.23. The van der Waals surface area contributed by atoms with E-state index in [-0.39, 0.29) is 45.3 Å². The maximum absolute atomic E-state index is 12.8. The van der Waals surface area contributed by atoms with Crippen LogP contribution in [0.4, 0.5) is 0 Å². The summed E-state index contributed by atoms with van der Waals surface area (Å²) < 4.78 is 11.0. The van der Waals surface area contributed by atoms with Crippen molar-refractivity contribution in [3.05, 3.63) is 128 Å². The topological polar surface area (TPSA) is 123 Å². The van der Waals surface area contributed by atoms with Gasteiger partial charge in [0.25, 0.3) is 11.8 Å². The van der Waals surface area contributed by atoms with E-state index in [1.54, 1.807) is 30.3 Å². The van der Waals surface area contributed by atoms with Gasteiger partial charge in [-0.3, -0.25) is 9.59 Å². The third kappa shape index (κ3) is 8.40. The molecule has 0 spiro atoms. The SMILES string of the molecule is O=C(CNC(=O)c1ccccc1Cl)N/N=C/c1ccc(OC(=O)c2ccc(Cl)cc2)cc1OC(=O)c1ccc(Cl)cc1. The first-order chi connectivity index (χ1) is 20.2. The Hall–Kier alpha value is -4.70. The Kier molecular flexibility index (Phi) is 10.3. The Bertz CT molecular complexity index is 1660. The first-order valence-electron chi connectivity index (χ1n) is 12.1. The Morgan fingerprint density at radius 1 is 0.738 bits per heavy atom. The molecule has 0 atom stereocenters. The highest BCUT2D eigenvalue weighted by Gasteiger charge is 2.16. The quantitative estimate of drug-likeness (QED) is 0.102. The monoisotopic (exact) mass is 623 g/mol. The number of carbonyl (C=O) groups is 4. The van der Waals surface area contributed by atoms with E-state index in [0.717, 1.165) is 0 Å². The molecule has 9 nitrogen and oxygen atoms in total. The lowest BCUT2D eigenvalue weighted by Crippen LogP contribution is -2.35. The van der Waals surface area contributed by atoms with Gasteiger partial charge in [-0.25, -0.2) is 15.0 Å². The molecule has 0 heterocycles. The van der Waals surface area contributed by atoms with Crippen molar-refractivity contribution in [2.24, 2.45) is 5.10 Å².